The topological polar surface area (TPSA) is 65.1 Å². The quantitative estimate of drug-likeness (QED) is 0.541. The smallest absolute Gasteiger partial charge is 0.262 e. The van der Waals surface area contributed by atoms with E-state index in [4.69, 9.17) is 0 Å². The fourth-order valence-corrected chi connectivity index (χ4v) is 2.76. The molecule has 0 unspecified atom stereocenters. The number of benzene rings is 1. The lowest BCUT2D eigenvalue weighted by molar-refractivity contribution is 0.386. The minimum absolute atomic E-state index is 0.0776. The number of pyridine rings is 1. The monoisotopic (exact) mass is 319 g/mol. The first-order chi connectivity index (χ1) is 11.4. The lowest BCUT2D eigenvalue weighted by Gasteiger charge is -2.22. The highest BCUT2D eigenvalue weighted by Gasteiger charge is 2.18. The molecule has 0 fully saturated rings. The van der Waals surface area contributed by atoms with Crippen molar-refractivity contribution < 1.29 is 0 Å². The van der Waals surface area contributed by atoms with Gasteiger partial charge in [0.15, 0.2) is 5.82 Å². The highest BCUT2D eigenvalue weighted by molar-refractivity contribution is 5.79. The van der Waals surface area contributed by atoms with E-state index in [0.717, 1.165) is 5.56 Å². The molecule has 0 N–H and O–H groups in total. The van der Waals surface area contributed by atoms with Crippen molar-refractivity contribution in [2.75, 3.05) is 0 Å². The molecule has 0 aliphatic heterocycles. The summed E-state index contributed by atoms with van der Waals surface area (Å²) in [7, 11) is 0. The first kappa shape index (κ1) is 14.6. The fourth-order valence-electron chi connectivity index (χ4n) is 2.76. The zero-order chi connectivity index (χ0) is 16.9. The largest absolute Gasteiger partial charge is 0.310 e. The van der Waals surface area contributed by atoms with Crippen molar-refractivity contribution in [3.8, 4) is 11.4 Å². The molecule has 24 heavy (non-hydrogen) atoms. The average molecular weight is 319 g/mol. The molecule has 120 valence electrons. The molecule has 4 rings (SSSR count). The molecule has 0 aliphatic carbocycles. The van der Waals surface area contributed by atoms with E-state index in [1.165, 1.54) is 0 Å². The SMILES string of the molecule is CC(C)(C)n1ccc2c(cnc3nc(-c4ccccc4)nn32)c1=O. The van der Waals surface area contributed by atoms with Gasteiger partial charge in [0.25, 0.3) is 11.3 Å². The molecule has 0 aliphatic rings. The number of hydrogen-bond donors (Lipinski definition) is 0. The molecule has 3 heterocycles. The normalized spacial score (nSPS) is 12.1. The van der Waals surface area contributed by atoms with Crippen LogP contribution in [0.15, 0.2) is 53.6 Å². The van der Waals surface area contributed by atoms with Crippen LogP contribution < -0.4 is 5.56 Å². The van der Waals surface area contributed by atoms with Crippen LogP contribution in [0, 0.1) is 0 Å². The van der Waals surface area contributed by atoms with Gasteiger partial charge in [0, 0.05) is 23.5 Å². The number of nitrogens with zero attached hydrogens (tertiary/aromatic N) is 5. The van der Waals surface area contributed by atoms with Crippen LogP contribution in [0.1, 0.15) is 20.8 Å². The van der Waals surface area contributed by atoms with Gasteiger partial charge in [-0.1, -0.05) is 30.3 Å². The molecule has 0 amide bonds. The van der Waals surface area contributed by atoms with Gasteiger partial charge in [-0.25, -0.2) is 4.98 Å². The van der Waals surface area contributed by atoms with Gasteiger partial charge in [-0.2, -0.15) is 9.50 Å². The summed E-state index contributed by atoms with van der Waals surface area (Å²) in [4.78, 5) is 21.5. The summed E-state index contributed by atoms with van der Waals surface area (Å²) in [5.74, 6) is 1.07. The van der Waals surface area contributed by atoms with Crippen molar-refractivity contribution in [1.82, 2.24) is 24.1 Å². The summed E-state index contributed by atoms with van der Waals surface area (Å²) >= 11 is 0. The summed E-state index contributed by atoms with van der Waals surface area (Å²) in [6, 6.07) is 11.6. The van der Waals surface area contributed by atoms with Crippen molar-refractivity contribution in [3.05, 3.63) is 59.1 Å². The van der Waals surface area contributed by atoms with Crippen LogP contribution in [0.25, 0.3) is 28.1 Å². The molecule has 0 radical (unpaired) electrons. The van der Waals surface area contributed by atoms with Crippen LogP contribution >= 0.6 is 0 Å². The molecule has 0 spiro atoms. The molecule has 0 saturated heterocycles. The Bertz CT molecular complexity index is 1100. The predicted octanol–water partition coefficient (Wildman–Crippen LogP) is 2.86. The highest BCUT2D eigenvalue weighted by Crippen LogP contribution is 2.19. The van der Waals surface area contributed by atoms with Crippen molar-refractivity contribution in [1.29, 1.82) is 0 Å². The Morgan fingerprint density at radius 2 is 1.79 bits per heavy atom. The molecule has 6 nitrogen and oxygen atoms in total. The molecule has 3 aromatic heterocycles. The summed E-state index contributed by atoms with van der Waals surface area (Å²) in [5, 5.41) is 5.07. The van der Waals surface area contributed by atoms with Crippen LogP contribution in [0.5, 0.6) is 0 Å². The second-order valence-electron chi connectivity index (χ2n) is 6.73. The predicted molar refractivity (Wildman–Crippen MR) is 93.0 cm³/mol. The number of aromatic nitrogens is 5. The minimum atomic E-state index is -0.294. The van der Waals surface area contributed by atoms with E-state index in [9.17, 15) is 4.79 Å². The highest BCUT2D eigenvalue weighted by atomic mass is 16.1. The van der Waals surface area contributed by atoms with Crippen molar-refractivity contribution in [3.63, 3.8) is 0 Å². The Labute approximate surface area is 138 Å². The van der Waals surface area contributed by atoms with Gasteiger partial charge in [-0.15, -0.1) is 5.10 Å². The maximum absolute atomic E-state index is 12.8. The molecule has 4 aromatic rings. The van der Waals surface area contributed by atoms with E-state index in [0.29, 0.717) is 22.5 Å². The fraction of sp³-hybridized carbons (Fsp3) is 0.222. The van der Waals surface area contributed by atoms with E-state index in [2.05, 4.69) is 15.1 Å². The van der Waals surface area contributed by atoms with E-state index < -0.39 is 0 Å². The van der Waals surface area contributed by atoms with Gasteiger partial charge in [-0.05, 0) is 26.8 Å². The third kappa shape index (κ3) is 2.19. The van der Waals surface area contributed by atoms with E-state index >= 15 is 0 Å². The lowest BCUT2D eigenvalue weighted by Crippen LogP contribution is -2.33. The number of rotatable bonds is 1. The van der Waals surface area contributed by atoms with Crippen LogP contribution in [-0.4, -0.2) is 24.1 Å². The molecule has 0 saturated carbocycles. The van der Waals surface area contributed by atoms with Gasteiger partial charge in [0.1, 0.15) is 0 Å². The second-order valence-corrected chi connectivity index (χ2v) is 6.73. The second kappa shape index (κ2) is 4.99. The molecule has 0 atom stereocenters. The van der Waals surface area contributed by atoms with Crippen LogP contribution in [0.3, 0.4) is 0 Å². The summed E-state index contributed by atoms with van der Waals surface area (Å²) in [5.41, 5.74) is 1.25. The maximum atomic E-state index is 12.8. The summed E-state index contributed by atoms with van der Waals surface area (Å²) < 4.78 is 3.34. The molecular formula is C18H17N5O. The Morgan fingerprint density at radius 1 is 1.04 bits per heavy atom. The maximum Gasteiger partial charge on any atom is 0.262 e. The average Bonchev–Trinajstić information content (AvgIpc) is 2.99. The van der Waals surface area contributed by atoms with E-state index in [1.807, 2.05) is 57.2 Å². The van der Waals surface area contributed by atoms with Crippen molar-refractivity contribution >= 4 is 16.7 Å². The van der Waals surface area contributed by atoms with E-state index in [1.54, 1.807) is 21.5 Å². The zero-order valence-electron chi connectivity index (χ0n) is 13.8. The Kier molecular flexibility index (Phi) is 3.03. The van der Waals surface area contributed by atoms with Crippen LogP contribution in [0.2, 0.25) is 0 Å². The first-order valence-corrected chi connectivity index (χ1v) is 7.78. The van der Waals surface area contributed by atoms with Gasteiger partial charge in [0.2, 0.25) is 0 Å². The lowest BCUT2D eigenvalue weighted by atomic mass is 10.1. The minimum Gasteiger partial charge on any atom is -0.310 e. The molecular weight excluding hydrogens is 302 g/mol. The van der Waals surface area contributed by atoms with E-state index in [-0.39, 0.29) is 11.1 Å². The third-order valence-electron chi connectivity index (χ3n) is 3.99. The summed E-state index contributed by atoms with van der Waals surface area (Å²) in [6.07, 6.45) is 3.38. The molecule has 1 aromatic carbocycles. The van der Waals surface area contributed by atoms with Gasteiger partial charge >= 0.3 is 0 Å². The third-order valence-corrected chi connectivity index (χ3v) is 3.99. The van der Waals surface area contributed by atoms with Crippen molar-refractivity contribution in [2.45, 2.75) is 26.3 Å². The Hall–Kier alpha value is -3.02. The standard InChI is InChI=1S/C18H17N5O/c1-18(2,3)22-10-9-14-13(16(22)24)11-19-17-20-15(21-23(14)17)12-7-5-4-6-8-12/h4-11H,1-3H3. The van der Waals surface area contributed by atoms with Crippen LogP contribution in [-0.2, 0) is 5.54 Å². The molecule has 6 heteroatoms. The number of fused-ring (bicyclic) bond motifs is 3. The first-order valence-electron chi connectivity index (χ1n) is 7.78. The summed E-state index contributed by atoms with van der Waals surface area (Å²) in [6.45, 7) is 5.99. The van der Waals surface area contributed by atoms with Gasteiger partial charge < -0.3 is 4.57 Å². The van der Waals surface area contributed by atoms with Gasteiger partial charge in [-0.3, -0.25) is 4.79 Å². The van der Waals surface area contributed by atoms with Crippen molar-refractivity contribution in [2.24, 2.45) is 0 Å². The van der Waals surface area contributed by atoms with Crippen LogP contribution in [0.4, 0.5) is 0 Å². The Balaban J connectivity index is 2.00. The van der Waals surface area contributed by atoms with Gasteiger partial charge in [0.05, 0.1) is 10.9 Å². The zero-order valence-corrected chi connectivity index (χ0v) is 13.8. The number of hydrogen-bond acceptors (Lipinski definition) is 4. The molecule has 0 bridgehead atoms. The Morgan fingerprint density at radius 3 is 2.50 bits per heavy atom.